The summed E-state index contributed by atoms with van der Waals surface area (Å²) in [6.07, 6.45) is 8.85. The molecule has 0 bridgehead atoms. The molecule has 2 atom stereocenters. The molecule has 1 N–H and O–H groups in total. The van der Waals surface area contributed by atoms with E-state index in [-0.39, 0.29) is 5.54 Å². The first-order valence-electron chi connectivity index (χ1n) is 8.06. The largest absolute Gasteiger partial charge is 0.303 e. The molecule has 2 rings (SSSR count). The van der Waals surface area contributed by atoms with E-state index in [1.165, 1.54) is 51.6 Å². The molecule has 2 aliphatic rings. The van der Waals surface area contributed by atoms with E-state index in [1.54, 1.807) is 0 Å². The van der Waals surface area contributed by atoms with Gasteiger partial charge in [-0.05, 0) is 64.5 Å². The predicted molar refractivity (Wildman–Crippen MR) is 78.9 cm³/mol. The lowest BCUT2D eigenvalue weighted by Gasteiger charge is -2.27. The lowest BCUT2D eigenvalue weighted by atomic mass is 9.98. The van der Waals surface area contributed by atoms with Crippen molar-refractivity contribution in [2.45, 2.75) is 70.4 Å². The van der Waals surface area contributed by atoms with Crippen molar-refractivity contribution in [1.29, 1.82) is 5.26 Å². The summed E-state index contributed by atoms with van der Waals surface area (Å²) in [4.78, 5) is 2.57. The van der Waals surface area contributed by atoms with Gasteiger partial charge in [0.15, 0.2) is 0 Å². The average Bonchev–Trinajstić information content (AvgIpc) is 3.23. The molecule has 0 spiro atoms. The lowest BCUT2D eigenvalue weighted by Crippen LogP contribution is -2.45. The van der Waals surface area contributed by atoms with Gasteiger partial charge >= 0.3 is 0 Å². The first kappa shape index (κ1) is 14.8. The second kappa shape index (κ2) is 6.72. The first-order valence-corrected chi connectivity index (χ1v) is 8.06. The predicted octanol–water partition coefficient (Wildman–Crippen LogP) is 2.92. The maximum absolute atomic E-state index is 9.40. The molecule has 3 heteroatoms. The zero-order chi connectivity index (χ0) is 13.7. The van der Waals surface area contributed by atoms with E-state index in [2.05, 4.69) is 30.1 Å². The van der Waals surface area contributed by atoms with Crippen LogP contribution in [0.1, 0.15) is 58.8 Å². The van der Waals surface area contributed by atoms with Gasteiger partial charge in [-0.15, -0.1) is 0 Å². The van der Waals surface area contributed by atoms with E-state index in [0.29, 0.717) is 6.04 Å². The van der Waals surface area contributed by atoms with Crippen LogP contribution in [0.4, 0.5) is 0 Å². The van der Waals surface area contributed by atoms with Gasteiger partial charge in [-0.3, -0.25) is 5.32 Å². The monoisotopic (exact) mass is 263 g/mol. The third-order valence-corrected chi connectivity index (χ3v) is 4.79. The minimum absolute atomic E-state index is 0.322. The van der Waals surface area contributed by atoms with Crippen molar-refractivity contribution in [2.75, 3.05) is 19.6 Å². The zero-order valence-corrected chi connectivity index (χ0v) is 12.6. The van der Waals surface area contributed by atoms with Crippen LogP contribution in [0.15, 0.2) is 0 Å². The van der Waals surface area contributed by atoms with Crippen LogP contribution in [-0.4, -0.2) is 36.1 Å². The van der Waals surface area contributed by atoms with Gasteiger partial charge < -0.3 is 4.90 Å². The maximum Gasteiger partial charge on any atom is 0.105 e. The first-order chi connectivity index (χ1) is 9.15. The number of hydrogen-bond donors (Lipinski definition) is 1. The molecule has 1 saturated heterocycles. The van der Waals surface area contributed by atoms with Gasteiger partial charge in [0, 0.05) is 12.6 Å². The van der Waals surface area contributed by atoms with E-state index < -0.39 is 0 Å². The normalized spacial score (nSPS) is 28.4. The van der Waals surface area contributed by atoms with Crippen LogP contribution in [0.25, 0.3) is 0 Å². The summed E-state index contributed by atoms with van der Waals surface area (Å²) in [5, 5.41) is 12.9. The summed E-state index contributed by atoms with van der Waals surface area (Å²) >= 11 is 0. The van der Waals surface area contributed by atoms with Crippen LogP contribution in [0.3, 0.4) is 0 Å². The lowest BCUT2D eigenvalue weighted by molar-refractivity contribution is 0.248. The fourth-order valence-corrected chi connectivity index (χ4v) is 3.08. The number of likely N-dealkylation sites (tertiary alicyclic amines) is 1. The molecule has 1 aliphatic heterocycles. The van der Waals surface area contributed by atoms with E-state index >= 15 is 0 Å². The molecule has 1 saturated carbocycles. The van der Waals surface area contributed by atoms with Crippen LogP contribution in [-0.2, 0) is 0 Å². The highest BCUT2D eigenvalue weighted by Crippen LogP contribution is 2.25. The summed E-state index contributed by atoms with van der Waals surface area (Å²) in [6.45, 7) is 7.90. The quantitative estimate of drug-likeness (QED) is 0.801. The van der Waals surface area contributed by atoms with E-state index in [0.717, 1.165) is 18.9 Å². The van der Waals surface area contributed by atoms with Crippen molar-refractivity contribution in [2.24, 2.45) is 5.92 Å². The van der Waals surface area contributed by atoms with Crippen molar-refractivity contribution < 1.29 is 0 Å². The zero-order valence-electron chi connectivity index (χ0n) is 12.6. The molecule has 3 nitrogen and oxygen atoms in total. The van der Waals surface area contributed by atoms with Gasteiger partial charge in [-0.25, -0.2) is 0 Å². The number of nitrogens with zero attached hydrogens (tertiary/aromatic N) is 2. The Balaban J connectivity index is 1.75. The van der Waals surface area contributed by atoms with Gasteiger partial charge in [-0.1, -0.05) is 13.3 Å². The standard InChI is InChI=1S/C16H29N3/c1-3-14-5-4-10-19(11-8-14)12-9-16(2,13-17)18-15-6-7-15/h14-15,18H,3-12H2,1-2H3. The smallest absolute Gasteiger partial charge is 0.105 e. The molecular weight excluding hydrogens is 234 g/mol. The van der Waals surface area contributed by atoms with Crippen LogP contribution < -0.4 is 5.32 Å². The van der Waals surface area contributed by atoms with Crippen LogP contribution in [0, 0.1) is 17.2 Å². The fourth-order valence-electron chi connectivity index (χ4n) is 3.08. The Labute approximate surface area is 118 Å². The SMILES string of the molecule is CCC1CCCN(CCC(C)(C#N)NC2CC2)CC1. The molecule has 19 heavy (non-hydrogen) atoms. The van der Waals surface area contributed by atoms with Gasteiger partial charge in [0.1, 0.15) is 5.54 Å². The Bertz CT molecular complexity index is 318. The third kappa shape index (κ3) is 4.78. The minimum Gasteiger partial charge on any atom is -0.303 e. The van der Waals surface area contributed by atoms with E-state index in [1.807, 2.05) is 0 Å². The molecule has 2 unspecified atom stereocenters. The molecule has 0 radical (unpaired) electrons. The second-order valence-corrected chi connectivity index (χ2v) is 6.66. The van der Waals surface area contributed by atoms with Crippen molar-refractivity contribution in [3.05, 3.63) is 0 Å². The van der Waals surface area contributed by atoms with Crippen molar-refractivity contribution >= 4 is 0 Å². The van der Waals surface area contributed by atoms with Crippen molar-refractivity contribution in [3.63, 3.8) is 0 Å². The van der Waals surface area contributed by atoms with Gasteiger partial charge in [0.2, 0.25) is 0 Å². The van der Waals surface area contributed by atoms with Gasteiger partial charge in [-0.2, -0.15) is 5.26 Å². The highest BCUT2D eigenvalue weighted by atomic mass is 15.1. The number of nitriles is 1. The number of rotatable bonds is 6. The topological polar surface area (TPSA) is 39.1 Å². The molecule has 0 aromatic rings. The Morgan fingerprint density at radius 3 is 2.68 bits per heavy atom. The Morgan fingerprint density at radius 2 is 2.05 bits per heavy atom. The Kier molecular flexibility index (Phi) is 5.24. The van der Waals surface area contributed by atoms with Gasteiger partial charge in [0.25, 0.3) is 0 Å². The molecule has 1 aliphatic carbocycles. The third-order valence-electron chi connectivity index (χ3n) is 4.79. The Morgan fingerprint density at radius 1 is 1.26 bits per heavy atom. The molecule has 1 heterocycles. The molecular formula is C16H29N3. The fraction of sp³-hybridized carbons (Fsp3) is 0.938. The van der Waals surface area contributed by atoms with Gasteiger partial charge in [0.05, 0.1) is 6.07 Å². The van der Waals surface area contributed by atoms with Crippen molar-refractivity contribution in [1.82, 2.24) is 10.2 Å². The van der Waals surface area contributed by atoms with E-state index in [4.69, 9.17) is 0 Å². The van der Waals surface area contributed by atoms with E-state index in [9.17, 15) is 5.26 Å². The van der Waals surface area contributed by atoms with Crippen molar-refractivity contribution in [3.8, 4) is 6.07 Å². The molecule has 0 aromatic carbocycles. The Hall–Kier alpha value is -0.590. The number of hydrogen-bond acceptors (Lipinski definition) is 3. The average molecular weight is 263 g/mol. The minimum atomic E-state index is -0.322. The highest BCUT2D eigenvalue weighted by molar-refractivity contribution is 5.07. The molecule has 2 fully saturated rings. The number of nitrogens with one attached hydrogen (secondary N) is 1. The second-order valence-electron chi connectivity index (χ2n) is 6.66. The van der Waals surface area contributed by atoms with Crippen LogP contribution in [0.2, 0.25) is 0 Å². The molecule has 108 valence electrons. The molecule has 0 amide bonds. The summed E-state index contributed by atoms with van der Waals surface area (Å²) in [5.41, 5.74) is -0.322. The van der Waals surface area contributed by atoms with Crippen LogP contribution >= 0.6 is 0 Å². The maximum atomic E-state index is 9.40. The molecule has 0 aromatic heterocycles. The summed E-state index contributed by atoms with van der Waals surface area (Å²) < 4.78 is 0. The highest BCUT2D eigenvalue weighted by Gasteiger charge is 2.32. The summed E-state index contributed by atoms with van der Waals surface area (Å²) in [7, 11) is 0. The van der Waals surface area contributed by atoms with Crippen LogP contribution in [0.5, 0.6) is 0 Å². The summed E-state index contributed by atoms with van der Waals surface area (Å²) in [5.74, 6) is 0.928. The summed E-state index contributed by atoms with van der Waals surface area (Å²) in [6, 6.07) is 3.10.